The van der Waals surface area contributed by atoms with Gasteiger partial charge in [-0.05, 0) is 39.7 Å². The van der Waals surface area contributed by atoms with Crippen LogP contribution >= 0.6 is 0 Å². The standard InChI is InChI=1S/C14H24N4O/c1-4-17-10-7-16-13(14(17)19)18-8-5-12(6-9-18)11(2)15-3/h7,10-12,15H,4-6,8-9H2,1-3H3. The fourth-order valence-corrected chi connectivity index (χ4v) is 2.75. The molecule has 1 atom stereocenters. The van der Waals surface area contributed by atoms with Crippen LogP contribution in [0.1, 0.15) is 26.7 Å². The summed E-state index contributed by atoms with van der Waals surface area (Å²) in [5, 5.41) is 3.32. The van der Waals surface area contributed by atoms with E-state index in [-0.39, 0.29) is 5.56 Å². The fourth-order valence-electron chi connectivity index (χ4n) is 2.75. The Morgan fingerprint density at radius 3 is 2.74 bits per heavy atom. The molecule has 0 aliphatic carbocycles. The third kappa shape index (κ3) is 2.97. The van der Waals surface area contributed by atoms with Crippen molar-refractivity contribution in [2.45, 2.75) is 39.3 Å². The lowest BCUT2D eigenvalue weighted by Crippen LogP contribution is -2.43. The van der Waals surface area contributed by atoms with Crippen molar-refractivity contribution in [1.29, 1.82) is 0 Å². The van der Waals surface area contributed by atoms with Crippen LogP contribution in [0, 0.1) is 5.92 Å². The van der Waals surface area contributed by atoms with Gasteiger partial charge in [0.15, 0.2) is 5.82 Å². The maximum Gasteiger partial charge on any atom is 0.293 e. The molecule has 5 heteroatoms. The van der Waals surface area contributed by atoms with E-state index in [0.717, 1.165) is 25.9 Å². The first-order valence-electron chi connectivity index (χ1n) is 7.15. The Hall–Kier alpha value is -1.36. The van der Waals surface area contributed by atoms with Crippen LogP contribution in [0.25, 0.3) is 0 Å². The molecular formula is C14H24N4O. The summed E-state index contributed by atoms with van der Waals surface area (Å²) in [6.07, 6.45) is 5.71. The van der Waals surface area contributed by atoms with Crippen LogP contribution in [0.3, 0.4) is 0 Å². The average molecular weight is 264 g/mol. The molecule has 1 aliphatic rings. The first kappa shape index (κ1) is 14.1. The zero-order valence-corrected chi connectivity index (χ0v) is 12.1. The molecule has 1 aliphatic heterocycles. The van der Waals surface area contributed by atoms with Crippen molar-refractivity contribution in [3.05, 3.63) is 22.7 Å². The van der Waals surface area contributed by atoms with E-state index in [1.807, 2.05) is 14.0 Å². The molecule has 1 saturated heterocycles. The number of nitrogens with zero attached hydrogens (tertiary/aromatic N) is 3. The van der Waals surface area contributed by atoms with E-state index in [4.69, 9.17) is 0 Å². The number of hydrogen-bond donors (Lipinski definition) is 1. The second-order valence-corrected chi connectivity index (χ2v) is 5.24. The summed E-state index contributed by atoms with van der Waals surface area (Å²) in [6.45, 7) is 6.75. The Morgan fingerprint density at radius 1 is 1.47 bits per heavy atom. The molecule has 0 bridgehead atoms. The Labute approximate surface area is 114 Å². The highest BCUT2D eigenvalue weighted by Gasteiger charge is 2.25. The maximum absolute atomic E-state index is 12.2. The van der Waals surface area contributed by atoms with Gasteiger partial charge in [0.25, 0.3) is 5.56 Å². The zero-order chi connectivity index (χ0) is 13.8. The third-order valence-electron chi connectivity index (χ3n) is 4.24. The zero-order valence-electron chi connectivity index (χ0n) is 12.1. The lowest BCUT2D eigenvalue weighted by Gasteiger charge is -2.35. The largest absolute Gasteiger partial charge is 0.352 e. The Bertz CT molecular complexity index is 463. The van der Waals surface area contributed by atoms with Crippen molar-refractivity contribution in [1.82, 2.24) is 14.9 Å². The Balaban J connectivity index is 2.08. The topological polar surface area (TPSA) is 50.2 Å². The number of nitrogens with one attached hydrogen (secondary N) is 1. The summed E-state index contributed by atoms with van der Waals surface area (Å²) >= 11 is 0. The van der Waals surface area contributed by atoms with Crippen LogP contribution < -0.4 is 15.8 Å². The van der Waals surface area contributed by atoms with Gasteiger partial charge < -0.3 is 14.8 Å². The van der Waals surface area contributed by atoms with Crippen LogP contribution in [-0.4, -0.2) is 35.7 Å². The summed E-state index contributed by atoms with van der Waals surface area (Å²) in [5.74, 6) is 1.30. The smallest absolute Gasteiger partial charge is 0.293 e. The van der Waals surface area contributed by atoms with Crippen molar-refractivity contribution in [2.75, 3.05) is 25.0 Å². The summed E-state index contributed by atoms with van der Waals surface area (Å²) < 4.78 is 1.71. The van der Waals surface area contributed by atoms with Crippen LogP contribution in [0.5, 0.6) is 0 Å². The van der Waals surface area contributed by atoms with Gasteiger partial charge in [0.1, 0.15) is 0 Å². The lowest BCUT2D eigenvalue weighted by molar-refractivity contribution is 0.322. The second-order valence-electron chi connectivity index (χ2n) is 5.24. The molecule has 5 nitrogen and oxygen atoms in total. The molecule has 106 valence electrons. The summed E-state index contributed by atoms with van der Waals surface area (Å²) in [6, 6.07) is 0.540. The summed E-state index contributed by atoms with van der Waals surface area (Å²) in [4.78, 5) is 18.6. The Kier molecular flexibility index (Phi) is 4.58. The van der Waals surface area contributed by atoms with Crippen molar-refractivity contribution in [2.24, 2.45) is 5.92 Å². The van der Waals surface area contributed by atoms with Crippen molar-refractivity contribution < 1.29 is 0 Å². The maximum atomic E-state index is 12.2. The van der Waals surface area contributed by atoms with Gasteiger partial charge in [-0.25, -0.2) is 4.98 Å². The monoisotopic (exact) mass is 264 g/mol. The number of aryl methyl sites for hydroxylation is 1. The SMILES string of the molecule is CCn1ccnc(N2CCC(C(C)NC)CC2)c1=O. The molecule has 0 aromatic carbocycles. The minimum atomic E-state index is 0.0325. The highest BCUT2D eigenvalue weighted by molar-refractivity contribution is 5.36. The lowest BCUT2D eigenvalue weighted by atomic mass is 9.90. The molecular weight excluding hydrogens is 240 g/mol. The number of aromatic nitrogens is 2. The normalized spacial score (nSPS) is 18.6. The van der Waals surface area contributed by atoms with Crippen LogP contribution in [0.15, 0.2) is 17.2 Å². The van der Waals surface area contributed by atoms with Crippen molar-refractivity contribution in [3.8, 4) is 0 Å². The molecule has 1 unspecified atom stereocenters. The average Bonchev–Trinajstić information content (AvgIpc) is 2.47. The number of anilines is 1. The molecule has 0 saturated carbocycles. The first-order valence-corrected chi connectivity index (χ1v) is 7.15. The predicted octanol–water partition coefficient (Wildman–Crippen LogP) is 1.09. The number of piperidine rings is 1. The van der Waals surface area contributed by atoms with Gasteiger partial charge in [0, 0.05) is 38.1 Å². The molecule has 1 aromatic heterocycles. The van der Waals surface area contributed by atoms with Gasteiger partial charge in [-0.1, -0.05) is 0 Å². The van der Waals surface area contributed by atoms with Crippen molar-refractivity contribution in [3.63, 3.8) is 0 Å². The van der Waals surface area contributed by atoms with E-state index < -0.39 is 0 Å². The second kappa shape index (κ2) is 6.19. The molecule has 2 heterocycles. The predicted molar refractivity (Wildman–Crippen MR) is 77.6 cm³/mol. The van der Waals surface area contributed by atoms with Gasteiger partial charge >= 0.3 is 0 Å². The molecule has 2 rings (SSSR count). The molecule has 0 spiro atoms. The van der Waals surface area contributed by atoms with Gasteiger partial charge in [-0.15, -0.1) is 0 Å². The van der Waals surface area contributed by atoms with Crippen LogP contribution in [0.4, 0.5) is 5.82 Å². The summed E-state index contributed by atoms with van der Waals surface area (Å²) in [5.41, 5.74) is 0.0325. The van der Waals surface area contributed by atoms with E-state index in [9.17, 15) is 4.79 Å². The van der Waals surface area contributed by atoms with E-state index >= 15 is 0 Å². The number of rotatable bonds is 4. The molecule has 1 fully saturated rings. The molecule has 0 amide bonds. The highest BCUT2D eigenvalue weighted by atomic mass is 16.1. The van der Waals surface area contributed by atoms with E-state index in [0.29, 0.717) is 24.3 Å². The minimum absolute atomic E-state index is 0.0325. The molecule has 19 heavy (non-hydrogen) atoms. The van der Waals surface area contributed by atoms with Gasteiger partial charge in [-0.2, -0.15) is 0 Å². The van der Waals surface area contributed by atoms with Crippen LogP contribution in [0.2, 0.25) is 0 Å². The fraction of sp³-hybridized carbons (Fsp3) is 0.714. The Morgan fingerprint density at radius 2 is 2.16 bits per heavy atom. The highest BCUT2D eigenvalue weighted by Crippen LogP contribution is 2.22. The number of hydrogen-bond acceptors (Lipinski definition) is 4. The third-order valence-corrected chi connectivity index (χ3v) is 4.24. The molecule has 1 N–H and O–H groups in total. The minimum Gasteiger partial charge on any atom is -0.352 e. The van der Waals surface area contributed by atoms with Gasteiger partial charge in [0.2, 0.25) is 0 Å². The van der Waals surface area contributed by atoms with Gasteiger partial charge in [0.05, 0.1) is 0 Å². The van der Waals surface area contributed by atoms with E-state index in [1.165, 1.54) is 0 Å². The van der Waals surface area contributed by atoms with Crippen molar-refractivity contribution >= 4 is 5.82 Å². The molecule has 1 aromatic rings. The van der Waals surface area contributed by atoms with E-state index in [2.05, 4.69) is 22.1 Å². The summed E-state index contributed by atoms with van der Waals surface area (Å²) in [7, 11) is 2.01. The quantitative estimate of drug-likeness (QED) is 0.884. The first-order chi connectivity index (χ1) is 9.17. The molecule has 0 radical (unpaired) electrons. The van der Waals surface area contributed by atoms with Crippen LogP contribution in [-0.2, 0) is 6.54 Å². The van der Waals surface area contributed by atoms with Gasteiger partial charge in [-0.3, -0.25) is 4.79 Å². The van der Waals surface area contributed by atoms with E-state index in [1.54, 1.807) is 17.0 Å².